The van der Waals surface area contributed by atoms with Gasteiger partial charge in [-0.3, -0.25) is 10.2 Å². The first kappa shape index (κ1) is 11.2. The minimum absolute atomic E-state index is 0.179. The molecule has 17 heavy (non-hydrogen) atoms. The lowest BCUT2D eigenvalue weighted by atomic mass is 10.2. The summed E-state index contributed by atoms with van der Waals surface area (Å²) in [6.45, 7) is 0. The van der Waals surface area contributed by atoms with E-state index in [9.17, 15) is 4.79 Å². The molecule has 0 aliphatic heterocycles. The van der Waals surface area contributed by atoms with Crippen molar-refractivity contribution >= 4 is 5.91 Å². The molecule has 88 valence electrons. The Labute approximate surface area is 98.1 Å². The molecule has 1 aromatic heterocycles. The van der Waals surface area contributed by atoms with E-state index in [1.54, 1.807) is 19.2 Å². The van der Waals surface area contributed by atoms with Gasteiger partial charge in [0.25, 0.3) is 0 Å². The van der Waals surface area contributed by atoms with Crippen LogP contribution in [0, 0.1) is 0 Å². The molecule has 2 rings (SSSR count). The lowest BCUT2D eigenvalue weighted by Crippen LogP contribution is -2.29. The van der Waals surface area contributed by atoms with E-state index in [1.165, 1.54) is 0 Å². The summed E-state index contributed by atoms with van der Waals surface area (Å²) in [7, 11) is 1.60. The minimum atomic E-state index is -0.454. The molecule has 5 heteroatoms. The van der Waals surface area contributed by atoms with E-state index in [-0.39, 0.29) is 5.76 Å². The van der Waals surface area contributed by atoms with Crippen molar-refractivity contribution in [3.05, 3.63) is 42.2 Å². The molecule has 3 N–H and O–H groups in total. The number of amides is 1. The molecular weight excluding hydrogens is 220 g/mol. The van der Waals surface area contributed by atoms with Crippen LogP contribution in [0.1, 0.15) is 10.6 Å². The molecular formula is C12H12N2O3. The first-order valence-corrected chi connectivity index (χ1v) is 5.00. The second-order valence-corrected chi connectivity index (χ2v) is 3.37. The first-order valence-electron chi connectivity index (χ1n) is 5.00. The van der Waals surface area contributed by atoms with Crippen molar-refractivity contribution in [1.29, 1.82) is 0 Å². The Balaban J connectivity index is 2.27. The maximum Gasteiger partial charge on any atom is 0.300 e. The lowest BCUT2D eigenvalue weighted by Gasteiger charge is -2.00. The molecule has 1 heterocycles. The minimum Gasteiger partial charge on any atom is -0.497 e. The fourth-order valence-electron chi connectivity index (χ4n) is 1.44. The summed E-state index contributed by atoms with van der Waals surface area (Å²) in [5.74, 6) is 6.11. The number of nitrogen functional groups attached to an aromatic ring is 1. The van der Waals surface area contributed by atoms with Gasteiger partial charge in [0.2, 0.25) is 0 Å². The van der Waals surface area contributed by atoms with Crippen molar-refractivity contribution in [2.75, 3.05) is 7.11 Å². The number of methoxy groups -OCH3 is 1. The molecule has 1 aromatic carbocycles. The van der Waals surface area contributed by atoms with Crippen molar-refractivity contribution in [2.45, 2.75) is 0 Å². The summed E-state index contributed by atoms with van der Waals surface area (Å²) in [5.41, 5.74) is 2.87. The number of benzene rings is 1. The van der Waals surface area contributed by atoms with E-state index in [0.29, 0.717) is 5.76 Å². The summed E-state index contributed by atoms with van der Waals surface area (Å²) < 4.78 is 10.4. The van der Waals surface area contributed by atoms with Gasteiger partial charge in [0.05, 0.1) is 7.11 Å². The maximum atomic E-state index is 11.2. The fourth-order valence-corrected chi connectivity index (χ4v) is 1.44. The highest BCUT2D eigenvalue weighted by molar-refractivity contribution is 5.91. The highest BCUT2D eigenvalue weighted by Crippen LogP contribution is 2.24. The van der Waals surface area contributed by atoms with Crippen molar-refractivity contribution < 1.29 is 13.9 Å². The average Bonchev–Trinajstić information content (AvgIpc) is 2.87. The summed E-state index contributed by atoms with van der Waals surface area (Å²) >= 11 is 0. The van der Waals surface area contributed by atoms with Crippen molar-refractivity contribution in [1.82, 2.24) is 5.43 Å². The van der Waals surface area contributed by atoms with E-state index < -0.39 is 5.91 Å². The van der Waals surface area contributed by atoms with Gasteiger partial charge in [-0.25, -0.2) is 5.84 Å². The fraction of sp³-hybridized carbons (Fsp3) is 0.0833. The Hall–Kier alpha value is -2.27. The second kappa shape index (κ2) is 4.71. The van der Waals surface area contributed by atoms with Gasteiger partial charge in [0, 0.05) is 5.56 Å². The van der Waals surface area contributed by atoms with Gasteiger partial charge >= 0.3 is 5.91 Å². The standard InChI is InChI=1S/C12H12N2O3/c1-16-9-4-2-8(3-5-9)10-6-7-11(17-10)12(15)14-13/h2-7H,13H2,1H3,(H,14,15). The molecule has 0 atom stereocenters. The van der Waals surface area contributed by atoms with E-state index in [2.05, 4.69) is 0 Å². The summed E-state index contributed by atoms with van der Waals surface area (Å²) in [5, 5.41) is 0. The molecule has 0 spiro atoms. The number of nitrogens with one attached hydrogen (secondary N) is 1. The number of furan rings is 1. The molecule has 0 saturated heterocycles. The van der Waals surface area contributed by atoms with Crippen LogP contribution in [0.5, 0.6) is 5.75 Å². The normalized spacial score (nSPS) is 10.0. The maximum absolute atomic E-state index is 11.2. The summed E-state index contributed by atoms with van der Waals surface area (Å²) in [4.78, 5) is 11.2. The van der Waals surface area contributed by atoms with Crippen molar-refractivity contribution in [3.63, 3.8) is 0 Å². The van der Waals surface area contributed by atoms with Gasteiger partial charge in [-0.05, 0) is 36.4 Å². The third kappa shape index (κ3) is 2.29. The van der Waals surface area contributed by atoms with Crippen LogP contribution in [0.4, 0.5) is 0 Å². The highest BCUT2D eigenvalue weighted by atomic mass is 16.5. The van der Waals surface area contributed by atoms with Gasteiger partial charge in [-0.2, -0.15) is 0 Å². The van der Waals surface area contributed by atoms with E-state index in [4.69, 9.17) is 15.0 Å². The zero-order valence-corrected chi connectivity index (χ0v) is 9.27. The number of hydrazine groups is 1. The zero-order valence-electron chi connectivity index (χ0n) is 9.27. The van der Waals surface area contributed by atoms with Gasteiger partial charge in [0.1, 0.15) is 11.5 Å². The largest absolute Gasteiger partial charge is 0.497 e. The summed E-state index contributed by atoms with van der Waals surface area (Å²) in [6, 6.07) is 10.6. The smallest absolute Gasteiger partial charge is 0.300 e. The van der Waals surface area contributed by atoms with Gasteiger partial charge < -0.3 is 9.15 Å². The molecule has 0 aliphatic carbocycles. The first-order chi connectivity index (χ1) is 8.24. The number of hydrogen-bond donors (Lipinski definition) is 2. The van der Waals surface area contributed by atoms with Crippen LogP contribution in [0.3, 0.4) is 0 Å². The lowest BCUT2D eigenvalue weighted by molar-refractivity contribution is 0.0927. The van der Waals surface area contributed by atoms with Crippen LogP contribution in [0.25, 0.3) is 11.3 Å². The van der Waals surface area contributed by atoms with Crippen LogP contribution >= 0.6 is 0 Å². The van der Waals surface area contributed by atoms with E-state index in [1.807, 2.05) is 29.7 Å². The predicted octanol–water partition coefficient (Wildman–Crippen LogP) is 1.56. The monoisotopic (exact) mass is 232 g/mol. The Morgan fingerprint density at radius 3 is 2.53 bits per heavy atom. The SMILES string of the molecule is COc1ccc(-c2ccc(C(=O)NN)o2)cc1. The number of carbonyl (C=O) groups excluding carboxylic acids is 1. The van der Waals surface area contributed by atoms with Gasteiger partial charge in [0.15, 0.2) is 5.76 Å². The summed E-state index contributed by atoms with van der Waals surface area (Å²) in [6.07, 6.45) is 0. The van der Waals surface area contributed by atoms with E-state index in [0.717, 1.165) is 11.3 Å². The second-order valence-electron chi connectivity index (χ2n) is 3.37. The third-order valence-electron chi connectivity index (χ3n) is 2.34. The van der Waals surface area contributed by atoms with Crippen LogP contribution < -0.4 is 16.0 Å². The molecule has 0 saturated carbocycles. The van der Waals surface area contributed by atoms with Crippen molar-refractivity contribution in [3.8, 4) is 17.1 Å². The van der Waals surface area contributed by atoms with Crippen LogP contribution in [0.2, 0.25) is 0 Å². The average molecular weight is 232 g/mol. The van der Waals surface area contributed by atoms with Gasteiger partial charge in [-0.15, -0.1) is 0 Å². The Bertz CT molecular complexity index is 517. The Morgan fingerprint density at radius 1 is 1.24 bits per heavy atom. The topological polar surface area (TPSA) is 77.5 Å². The van der Waals surface area contributed by atoms with Gasteiger partial charge in [-0.1, -0.05) is 0 Å². The molecule has 0 aliphatic rings. The van der Waals surface area contributed by atoms with Crippen LogP contribution in [0.15, 0.2) is 40.8 Å². The molecule has 0 fully saturated rings. The Morgan fingerprint density at radius 2 is 1.94 bits per heavy atom. The molecule has 0 unspecified atom stereocenters. The Kier molecular flexibility index (Phi) is 3.11. The highest BCUT2D eigenvalue weighted by Gasteiger charge is 2.10. The zero-order chi connectivity index (χ0) is 12.3. The molecule has 0 bridgehead atoms. The molecule has 5 nitrogen and oxygen atoms in total. The number of hydrogen-bond acceptors (Lipinski definition) is 4. The number of rotatable bonds is 3. The van der Waals surface area contributed by atoms with Crippen LogP contribution in [-0.2, 0) is 0 Å². The number of carbonyl (C=O) groups is 1. The van der Waals surface area contributed by atoms with Crippen molar-refractivity contribution in [2.24, 2.45) is 5.84 Å². The quantitative estimate of drug-likeness (QED) is 0.478. The van der Waals surface area contributed by atoms with Crippen LogP contribution in [-0.4, -0.2) is 13.0 Å². The predicted molar refractivity (Wildman–Crippen MR) is 62.3 cm³/mol. The molecule has 0 radical (unpaired) electrons. The number of nitrogens with two attached hydrogens (primary N) is 1. The van der Waals surface area contributed by atoms with E-state index >= 15 is 0 Å². The number of ether oxygens (including phenoxy) is 1. The third-order valence-corrected chi connectivity index (χ3v) is 2.34. The molecule has 2 aromatic rings. The molecule has 1 amide bonds.